The SMILES string of the molecule is Cc1cc(Cl)ccc1Oc1nc(C2CC2)nc(Cl)c1C. The molecule has 20 heavy (non-hydrogen) atoms. The van der Waals surface area contributed by atoms with Crippen LogP contribution in [0.5, 0.6) is 11.6 Å². The molecule has 0 spiro atoms. The zero-order valence-electron chi connectivity index (χ0n) is 11.3. The Bertz CT molecular complexity index is 669. The van der Waals surface area contributed by atoms with Crippen LogP contribution in [0.1, 0.15) is 35.7 Å². The van der Waals surface area contributed by atoms with Crippen molar-refractivity contribution in [2.24, 2.45) is 0 Å². The summed E-state index contributed by atoms with van der Waals surface area (Å²) in [6.45, 7) is 3.81. The number of hydrogen-bond acceptors (Lipinski definition) is 3. The van der Waals surface area contributed by atoms with Crippen LogP contribution in [0.3, 0.4) is 0 Å². The molecular formula is C15H14Cl2N2O. The van der Waals surface area contributed by atoms with Crippen LogP contribution in [0.4, 0.5) is 0 Å². The molecule has 0 bridgehead atoms. The van der Waals surface area contributed by atoms with Crippen LogP contribution in [-0.4, -0.2) is 9.97 Å². The quantitative estimate of drug-likeness (QED) is 0.742. The molecule has 0 radical (unpaired) electrons. The molecule has 0 N–H and O–H groups in total. The van der Waals surface area contributed by atoms with E-state index in [0.717, 1.165) is 35.5 Å². The van der Waals surface area contributed by atoms with Crippen molar-refractivity contribution in [1.82, 2.24) is 9.97 Å². The Morgan fingerprint density at radius 3 is 2.55 bits per heavy atom. The molecule has 1 saturated carbocycles. The number of hydrogen-bond donors (Lipinski definition) is 0. The highest BCUT2D eigenvalue weighted by Crippen LogP contribution is 2.40. The summed E-state index contributed by atoms with van der Waals surface area (Å²) in [5, 5.41) is 1.15. The number of benzene rings is 1. The van der Waals surface area contributed by atoms with Gasteiger partial charge in [-0.1, -0.05) is 23.2 Å². The molecule has 1 aliphatic carbocycles. The summed E-state index contributed by atoms with van der Waals surface area (Å²) in [6, 6.07) is 5.49. The van der Waals surface area contributed by atoms with Gasteiger partial charge in [0.15, 0.2) is 0 Å². The third kappa shape index (κ3) is 2.74. The van der Waals surface area contributed by atoms with Crippen LogP contribution in [0.25, 0.3) is 0 Å². The fourth-order valence-corrected chi connectivity index (χ4v) is 2.33. The Hall–Kier alpha value is -1.32. The number of halogens is 2. The van der Waals surface area contributed by atoms with Crippen molar-refractivity contribution in [2.75, 3.05) is 0 Å². The van der Waals surface area contributed by atoms with Crippen molar-refractivity contribution in [3.05, 3.63) is 45.3 Å². The second-order valence-electron chi connectivity index (χ2n) is 5.09. The van der Waals surface area contributed by atoms with E-state index in [1.54, 1.807) is 6.07 Å². The van der Waals surface area contributed by atoms with Gasteiger partial charge in [-0.05, 0) is 50.5 Å². The third-order valence-electron chi connectivity index (χ3n) is 3.35. The first-order valence-electron chi connectivity index (χ1n) is 6.52. The molecule has 1 fully saturated rings. The van der Waals surface area contributed by atoms with E-state index in [1.807, 2.05) is 26.0 Å². The highest BCUT2D eigenvalue weighted by molar-refractivity contribution is 6.30. The lowest BCUT2D eigenvalue weighted by atomic mass is 10.2. The molecule has 0 amide bonds. The molecular weight excluding hydrogens is 295 g/mol. The minimum Gasteiger partial charge on any atom is -0.438 e. The van der Waals surface area contributed by atoms with E-state index in [4.69, 9.17) is 27.9 Å². The number of ether oxygens (including phenoxy) is 1. The van der Waals surface area contributed by atoms with Gasteiger partial charge in [0.25, 0.3) is 0 Å². The largest absolute Gasteiger partial charge is 0.438 e. The van der Waals surface area contributed by atoms with Gasteiger partial charge >= 0.3 is 0 Å². The van der Waals surface area contributed by atoms with Gasteiger partial charge in [-0.25, -0.2) is 4.98 Å². The molecule has 0 unspecified atom stereocenters. The maximum Gasteiger partial charge on any atom is 0.227 e. The van der Waals surface area contributed by atoms with Gasteiger partial charge in [0.2, 0.25) is 5.88 Å². The Labute approximate surface area is 127 Å². The van der Waals surface area contributed by atoms with E-state index < -0.39 is 0 Å². The molecule has 104 valence electrons. The molecule has 1 aromatic heterocycles. The Morgan fingerprint density at radius 2 is 1.90 bits per heavy atom. The second kappa shape index (κ2) is 5.23. The summed E-state index contributed by atoms with van der Waals surface area (Å²) in [4.78, 5) is 8.83. The summed E-state index contributed by atoms with van der Waals surface area (Å²) >= 11 is 12.1. The lowest BCUT2D eigenvalue weighted by Crippen LogP contribution is -2.00. The van der Waals surface area contributed by atoms with Crippen molar-refractivity contribution < 1.29 is 4.74 Å². The predicted octanol–water partition coefficient (Wildman–Crippen LogP) is 5.07. The van der Waals surface area contributed by atoms with Gasteiger partial charge in [0, 0.05) is 16.5 Å². The molecule has 5 heteroatoms. The lowest BCUT2D eigenvalue weighted by Gasteiger charge is -2.12. The summed E-state index contributed by atoms with van der Waals surface area (Å²) in [6.07, 6.45) is 2.25. The van der Waals surface area contributed by atoms with Crippen molar-refractivity contribution in [2.45, 2.75) is 32.6 Å². The van der Waals surface area contributed by atoms with Gasteiger partial charge in [0.05, 0.1) is 0 Å². The monoisotopic (exact) mass is 308 g/mol. The number of nitrogens with zero attached hydrogens (tertiary/aromatic N) is 2. The van der Waals surface area contributed by atoms with E-state index in [-0.39, 0.29) is 0 Å². The molecule has 3 nitrogen and oxygen atoms in total. The van der Waals surface area contributed by atoms with Crippen LogP contribution in [0, 0.1) is 13.8 Å². The normalized spacial score (nSPS) is 14.4. The molecule has 3 rings (SSSR count). The minimum atomic E-state index is 0.432. The fourth-order valence-electron chi connectivity index (χ4n) is 1.94. The Morgan fingerprint density at radius 1 is 1.15 bits per heavy atom. The molecule has 0 aliphatic heterocycles. The predicted molar refractivity (Wildman–Crippen MR) is 80.0 cm³/mol. The first-order chi connectivity index (χ1) is 9.54. The third-order valence-corrected chi connectivity index (χ3v) is 3.95. The average molecular weight is 309 g/mol. The van der Waals surface area contributed by atoms with E-state index >= 15 is 0 Å². The van der Waals surface area contributed by atoms with Gasteiger partial charge in [0.1, 0.15) is 16.7 Å². The zero-order chi connectivity index (χ0) is 14.3. The number of aryl methyl sites for hydroxylation is 1. The summed E-state index contributed by atoms with van der Waals surface area (Å²) < 4.78 is 5.90. The van der Waals surface area contributed by atoms with Crippen LogP contribution in [0.2, 0.25) is 10.2 Å². The highest BCUT2D eigenvalue weighted by atomic mass is 35.5. The molecule has 1 heterocycles. The fraction of sp³-hybridized carbons (Fsp3) is 0.333. The first-order valence-corrected chi connectivity index (χ1v) is 7.28. The van der Waals surface area contributed by atoms with Gasteiger partial charge in [-0.15, -0.1) is 0 Å². The van der Waals surface area contributed by atoms with Gasteiger partial charge < -0.3 is 4.74 Å². The molecule has 1 aliphatic rings. The van der Waals surface area contributed by atoms with E-state index in [0.29, 0.717) is 22.0 Å². The van der Waals surface area contributed by atoms with E-state index in [9.17, 15) is 0 Å². The summed E-state index contributed by atoms with van der Waals surface area (Å²) in [5.41, 5.74) is 1.71. The Kier molecular flexibility index (Phi) is 3.57. The van der Waals surface area contributed by atoms with Crippen LogP contribution >= 0.6 is 23.2 Å². The van der Waals surface area contributed by atoms with Crippen molar-refractivity contribution in [3.63, 3.8) is 0 Å². The Balaban J connectivity index is 1.97. The van der Waals surface area contributed by atoms with Gasteiger partial charge in [-0.3, -0.25) is 0 Å². The lowest BCUT2D eigenvalue weighted by molar-refractivity contribution is 0.451. The topological polar surface area (TPSA) is 35.0 Å². The zero-order valence-corrected chi connectivity index (χ0v) is 12.8. The van der Waals surface area contributed by atoms with Crippen LogP contribution < -0.4 is 4.74 Å². The second-order valence-corrected chi connectivity index (χ2v) is 5.88. The summed E-state index contributed by atoms with van der Waals surface area (Å²) in [5.74, 6) is 2.47. The average Bonchev–Trinajstić information content (AvgIpc) is 3.22. The minimum absolute atomic E-state index is 0.432. The summed E-state index contributed by atoms with van der Waals surface area (Å²) in [7, 11) is 0. The van der Waals surface area contributed by atoms with Crippen molar-refractivity contribution >= 4 is 23.2 Å². The van der Waals surface area contributed by atoms with Crippen molar-refractivity contribution in [1.29, 1.82) is 0 Å². The van der Waals surface area contributed by atoms with Crippen LogP contribution in [-0.2, 0) is 0 Å². The van der Waals surface area contributed by atoms with Gasteiger partial charge in [-0.2, -0.15) is 4.98 Å². The smallest absolute Gasteiger partial charge is 0.227 e. The molecule has 0 atom stereocenters. The van der Waals surface area contributed by atoms with Crippen molar-refractivity contribution in [3.8, 4) is 11.6 Å². The maximum atomic E-state index is 6.17. The maximum absolute atomic E-state index is 6.17. The number of aromatic nitrogens is 2. The molecule has 0 saturated heterocycles. The molecule has 2 aromatic rings. The molecule has 1 aromatic carbocycles. The number of rotatable bonds is 3. The standard InChI is InChI=1S/C15H14Cl2N2O/c1-8-7-11(16)5-6-12(8)20-15-9(2)13(17)18-14(19-15)10-3-4-10/h5-7,10H,3-4H2,1-2H3. The van der Waals surface area contributed by atoms with E-state index in [1.165, 1.54) is 0 Å². The highest BCUT2D eigenvalue weighted by Gasteiger charge is 2.28. The van der Waals surface area contributed by atoms with E-state index in [2.05, 4.69) is 9.97 Å². The first kappa shape index (κ1) is 13.7. The van der Waals surface area contributed by atoms with Crippen LogP contribution in [0.15, 0.2) is 18.2 Å².